The van der Waals surface area contributed by atoms with E-state index in [0.717, 1.165) is 29.0 Å². The van der Waals surface area contributed by atoms with Gasteiger partial charge in [-0.1, -0.05) is 107 Å². The normalized spacial score (nSPS) is 10.7. The Morgan fingerprint density at radius 1 is 0.842 bits per heavy atom. The number of hydrogen-bond donors (Lipinski definition) is 1. The van der Waals surface area contributed by atoms with Crippen molar-refractivity contribution in [1.29, 1.82) is 0 Å². The number of amides is 1. The van der Waals surface area contributed by atoms with Gasteiger partial charge in [-0.15, -0.1) is 0 Å². The number of ether oxygens (including phenoxy) is 1. The van der Waals surface area contributed by atoms with Crippen LogP contribution in [0.1, 0.15) is 89.5 Å². The standard InChI is InChI=1S/C32H44N2O2S.ClH/c1-3-4-5-6-7-8-9-10-11-12-13-16-24-36-30-18-15-14-17-28(30)26-31(35)33-29-21-19-27(20-22-29)32-34(2)23-25-37-32;/h14-15,17-23,25H,3-13,16,24,26H2,1-2H3;1H. The summed E-state index contributed by atoms with van der Waals surface area (Å²) in [5, 5.41) is 6.29. The van der Waals surface area contributed by atoms with Crippen LogP contribution in [-0.4, -0.2) is 12.5 Å². The maximum absolute atomic E-state index is 12.7. The third-order valence-corrected chi connectivity index (χ3v) is 7.78. The Bertz CT molecular complexity index is 1050. The van der Waals surface area contributed by atoms with Gasteiger partial charge < -0.3 is 22.5 Å². The minimum atomic E-state index is -0.0316. The molecule has 0 aliphatic carbocycles. The average molecular weight is 557 g/mol. The lowest BCUT2D eigenvalue weighted by molar-refractivity contribution is -0.655. The number of halogens is 1. The molecular weight excluding hydrogens is 512 g/mol. The van der Waals surface area contributed by atoms with Gasteiger partial charge in [0.2, 0.25) is 5.91 Å². The molecule has 1 amide bonds. The lowest BCUT2D eigenvalue weighted by Gasteiger charge is -2.12. The summed E-state index contributed by atoms with van der Waals surface area (Å²) in [6, 6.07) is 15.9. The number of nitrogens with zero attached hydrogens (tertiary/aromatic N) is 1. The first-order chi connectivity index (χ1) is 18.2. The first kappa shape index (κ1) is 31.8. The summed E-state index contributed by atoms with van der Waals surface area (Å²) in [7, 11) is 2.04. The molecule has 0 bridgehead atoms. The molecule has 38 heavy (non-hydrogen) atoms. The zero-order valence-electron chi connectivity index (χ0n) is 23.2. The number of carbonyl (C=O) groups is 1. The summed E-state index contributed by atoms with van der Waals surface area (Å²) in [6.07, 6.45) is 18.3. The Kier molecular flexibility index (Phi) is 15.8. The maximum atomic E-state index is 12.7. The van der Waals surface area contributed by atoms with E-state index in [4.69, 9.17) is 4.74 Å². The summed E-state index contributed by atoms with van der Waals surface area (Å²) in [4.78, 5) is 12.7. The summed E-state index contributed by atoms with van der Waals surface area (Å²) in [5.41, 5.74) is 2.89. The molecular formula is C32H45ClN2O2S. The molecule has 0 saturated carbocycles. The van der Waals surface area contributed by atoms with Crippen LogP contribution in [0.25, 0.3) is 10.6 Å². The second kappa shape index (κ2) is 18.8. The molecule has 1 heterocycles. The highest BCUT2D eigenvalue weighted by Gasteiger charge is 2.12. The lowest BCUT2D eigenvalue weighted by atomic mass is 10.1. The predicted molar refractivity (Wildman–Crippen MR) is 156 cm³/mol. The number of anilines is 1. The molecule has 1 aromatic heterocycles. The molecule has 0 atom stereocenters. The van der Waals surface area contributed by atoms with Crippen molar-refractivity contribution in [2.24, 2.45) is 7.05 Å². The van der Waals surface area contributed by atoms with Crippen molar-refractivity contribution in [2.75, 3.05) is 11.9 Å². The molecule has 3 rings (SSSR count). The van der Waals surface area contributed by atoms with Crippen LogP contribution in [0.5, 0.6) is 5.75 Å². The number of thiazole rings is 1. The molecule has 0 aliphatic rings. The number of aryl methyl sites for hydroxylation is 1. The van der Waals surface area contributed by atoms with E-state index < -0.39 is 0 Å². The van der Waals surface area contributed by atoms with E-state index in [2.05, 4.69) is 22.2 Å². The molecule has 1 N–H and O–H groups in total. The number of unbranched alkanes of at least 4 members (excludes halogenated alkanes) is 11. The second-order valence-electron chi connectivity index (χ2n) is 9.97. The van der Waals surface area contributed by atoms with Crippen molar-refractivity contribution in [3.63, 3.8) is 0 Å². The Balaban J connectivity index is 0.00000507. The van der Waals surface area contributed by atoms with Crippen molar-refractivity contribution in [3.05, 3.63) is 65.7 Å². The van der Waals surface area contributed by atoms with Crippen LogP contribution in [0.2, 0.25) is 0 Å². The Morgan fingerprint density at radius 3 is 2.05 bits per heavy atom. The molecule has 6 heteroatoms. The molecule has 0 unspecified atom stereocenters. The number of nitrogens with one attached hydrogen (secondary N) is 1. The third-order valence-electron chi connectivity index (χ3n) is 6.78. The van der Waals surface area contributed by atoms with Crippen molar-refractivity contribution in [2.45, 2.75) is 90.4 Å². The Hall–Kier alpha value is -2.37. The second-order valence-corrected chi connectivity index (χ2v) is 10.9. The highest BCUT2D eigenvalue weighted by atomic mass is 35.5. The highest BCUT2D eigenvalue weighted by Crippen LogP contribution is 2.23. The summed E-state index contributed by atoms with van der Waals surface area (Å²) >= 11 is 1.70. The van der Waals surface area contributed by atoms with E-state index in [-0.39, 0.29) is 18.3 Å². The summed E-state index contributed by atoms with van der Waals surface area (Å²) < 4.78 is 8.17. The van der Waals surface area contributed by atoms with Crippen molar-refractivity contribution < 1.29 is 26.5 Å². The van der Waals surface area contributed by atoms with Crippen LogP contribution >= 0.6 is 11.3 Å². The van der Waals surface area contributed by atoms with Crippen LogP contribution in [0.3, 0.4) is 0 Å². The fourth-order valence-electron chi connectivity index (χ4n) is 4.60. The molecule has 0 fully saturated rings. The first-order valence-electron chi connectivity index (χ1n) is 14.2. The molecule has 0 saturated heterocycles. The molecule has 0 spiro atoms. The van der Waals surface area contributed by atoms with E-state index in [1.807, 2.05) is 61.8 Å². The van der Waals surface area contributed by atoms with Gasteiger partial charge in [0, 0.05) is 11.3 Å². The smallest absolute Gasteiger partial charge is 0.268 e. The fourth-order valence-corrected chi connectivity index (χ4v) is 5.47. The number of para-hydroxylation sites is 1. The fraction of sp³-hybridized carbons (Fsp3) is 0.500. The van der Waals surface area contributed by atoms with Gasteiger partial charge in [-0.25, -0.2) is 0 Å². The zero-order valence-corrected chi connectivity index (χ0v) is 24.8. The number of aromatic nitrogens is 1. The van der Waals surface area contributed by atoms with Crippen molar-refractivity contribution >= 4 is 22.9 Å². The van der Waals surface area contributed by atoms with Crippen LogP contribution in [0.15, 0.2) is 60.1 Å². The lowest BCUT2D eigenvalue weighted by Crippen LogP contribution is -3.00. The molecule has 0 radical (unpaired) electrons. The summed E-state index contributed by atoms with van der Waals surface area (Å²) in [6.45, 7) is 2.98. The number of hydrogen-bond acceptors (Lipinski definition) is 3. The average Bonchev–Trinajstić information content (AvgIpc) is 3.34. The van der Waals surface area contributed by atoms with Crippen LogP contribution in [-0.2, 0) is 18.3 Å². The molecule has 0 aliphatic heterocycles. The molecule has 3 aromatic rings. The number of rotatable bonds is 18. The van der Waals surface area contributed by atoms with E-state index in [1.165, 1.54) is 75.6 Å². The summed E-state index contributed by atoms with van der Waals surface area (Å²) in [5.74, 6) is 0.789. The topological polar surface area (TPSA) is 42.2 Å². The predicted octanol–water partition coefficient (Wildman–Crippen LogP) is 5.50. The van der Waals surface area contributed by atoms with Crippen LogP contribution in [0, 0.1) is 0 Å². The van der Waals surface area contributed by atoms with Gasteiger partial charge in [0.05, 0.1) is 24.0 Å². The van der Waals surface area contributed by atoms with Crippen molar-refractivity contribution in [1.82, 2.24) is 0 Å². The van der Waals surface area contributed by atoms with Crippen LogP contribution in [0.4, 0.5) is 5.69 Å². The third kappa shape index (κ3) is 11.6. The first-order valence-corrected chi connectivity index (χ1v) is 15.1. The molecule has 2 aromatic carbocycles. The largest absolute Gasteiger partial charge is 1.00 e. The van der Waals surface area contributed by atoms with Crippen molar-refractivity contribution in [3.8, 4) is 16.3 Å². The molecule has 4 nitrogen and oxygen atoms in total. The van der Waals surface area contributed by atoms with Gasteiger partial charge in [0.25, 0.3) is 5.01 Å². The van der Waals surface area contributed by atoms with Gasteiger partial charge in [0.15, 0.2) is 6.20 Å². The Morgan fingerprint density at radius 2 is 1.45 bits per heavy atom. The Labute approximate surface area is 240 Å². The van der Waals surface area contributed by atoms with Gasteiger partial charge in [-0.2, -0.15) is 4.57 Å². The highest BCUT2D eigenvalue weighted by molar-refractivity contribution is 7.12. The number of benzene rings is 2. The van der Waals surface area contributed by atoms with Crippen LogP contribution < -0.4 is 27.0 Å². The molecule has 208 valence electrons. The maximum Gasteiger partial charge on any atom is 0.268 e. The van der Waals surface area contributed by atoms with Gasteiger partial charge >= 0.3 is 0 Å². The SMILES string of the molecule is CCCCCCCCCCCCCCOc1ccccc1CC(=O)Nc1ccc(-c2scc[n+]2C)cc1.[Cl-]. The van der Waals surface area contributed by atoms with Gasteiger partial charge in [-0.3, -0.25) is 4.79 Å². The zero-order chi connectivity index (χ0) is 26.1. The minimum absolute atomic E-state index is 0. The van der Waals surface area contributed by atoms with E-state index in [9.17, 15) is 4.79 Å². The quantitative estimate of drug-likeness (QED) is 0.166. The van der Waals surface area contributed by atoms with E-state index in [1.54, 1.807) is 11.3 Å². The van der Waals surface area contributed by atoms with E-state index >= 15 is 0 Å². The number of carbonyl (C=O) groups excluding carboxylic acids is 1. The van der Waals surface area contributed by atoms with Gasteiger partial charge in [-0.05, 0) is 36.8 Å². The minimum Gasteiger partial charge on any atom is -1.00 e. The van der Waals surface area contributed by atoms with Gasteiger partial charge in [0.1, 0.15) is 12.8 Å². The van der Waals surface area contributed by atoms with E-state index in [0.29, 0.717) is 13.0 Å². The monoisotopic (exact) mass is 556 g/mol.